The molecule has 5 heteroatoms. The van der Waals surface area contributed by atoms with E-state index in [0.29, 0.717) is 24.8 Å². The van der Waals surface area contributed by atoms with E-state index in [0.717, 1.165) is 0 Å². The first-order chi connectivity index (χ1) is 4.83. The van der Waals surface area contributed by atoms with E-state index in [-0.39, 0.29) is 0 Å². The molecule has 5 nitrogen and oxygen atoms in total. The highest BCUT2D eigenvalue weighted by Crippen LogP contribution is 1.95. The van der Waals surface area contributed by atoms with E-state index in [2.05, 4.69) is 15.0 Å². The van der Waals surface area contributed by atoms with E-state index < -0.39 is 0 Å². The topological polar surface area (TPSA) is 89.1 Å². The van der Waals surface area contributed by atoms with Gasteiger partial charge in [-0.05, 0) is 0 Å². The molecule has 1 aliphatic rings. The maximum Gasteiger partial charge on any atom is 0.134 e. The molecule has 1 rings (SSSR count). The Morgan fingerprint density at radius 3 is 2.90 bits per heavy atom. The van der Waals surface area contributed by atoms with Gasteiger partial charge in [-0.15, -0.1) is 0 Å². The minimum absolute atomic E-state index is 0.374. The average Bonchev–Trinajstić information content (AvgIpc) is 1.88. The molecule has 4 N–H and O–H groups in total. The van der Waals surface area contributed by atoms with Crippen molar-refractivity contribution in [1.29, 1.82) is 0 Å². The summed E-state index contributed by atoms with van der Waals surface area (Å²) in [6, 6.07) is 0. The predicted molar refractivity (Wildman–Crippen MR) is 41.2 cm³/mol. The maximum absolute atomic E-state index is 5.41. The predicted octanol–water partition coefficient (Wildman–Crippen LogP) is -0.910. The van der Waals surface area contributed by atoms with Gasteiger partial charge in [0.1, 0.15) is 18.3 Å². The number of nitrogens with zero attached hydrogens (tertiary/aromatic N) is 3. The van der Waals surface area contributed by atoms with Crippen LogP contribution in [0.4, 0.5) is 0 Å². The van der Waals surface area contributed by atoms with Crippen molar-refractivity contribution in [1.82, 2.24) is 0 Å². The number of aliphatic imine (C=N–C) groups is 3. The van der Waals surface area contributed by atoms with Crippen LogP contribution in [0.2, 0.25) is 0 Å². The Balaban J connectivity index is 2.57. The second-order valence-corrected chi connectivity index (χ2v) is 1.82. The fraction of sp³-hybridized carbons (Fsp3) is 0.400. The molecule has 0 saturated heterocycles. The zero-order valence-electron chi connectivity index (χ0n) is 5.49. The van der Waals surface area contributed by atoms with Crippen LogP contribution in [0.1, 0.15) is 6.42 Å². The van der Waals surface area contributed by atoms with Crippen LogP contribution >= 0.6 is 0 Å². The summed E-state index contributed by atoms with van der Waals surface area (Å²) >= 11 is 0. The van der Waals surface area contributed by atoms with Gasteiger partial charge in [0.25, 0.3) is 0 Å². The van der Waals surface area contributed by atoms with Gasteiger partial charge >= 0.3 is 0 Å². The summed E-state index contributed by atoms with van der Waals surface area (Å²) in [5.41, 5.74) is 10.5. The molecule has 0 aromatic heterocycles. The van der Waals surface area contributed by atoms with Crippen molar-refractivity contribution in [2.45, 2.75) is 6.42 Å². The van der Waals surface area contributed by atoms with Crippen LogP contribution < -0.4 is 11.5 Å². The Morgan fingerprint density at radius 1 is 1.50 bits per heavy atom. The van der Waals surface area contributed by atoms with E-state index in [1.165, 1.54) is 6.34 Å². The molecule has 0 bridgehead atoms. The van der Waals surface area contributed by atoms with E-state index in [9.17, 15) is 0 Å². The lowest BCUT2D eigenvalue weighted by Crippen LogP contribution is -2.20. The molecule has 0 spiro atoms. The van der Waals surface area contributed by atoms with Gasteiger partial charge in [-0.3, -0.25) is 0 Å². The number of hydrogen-bond donors (Lipinski definition) is 2. The molecule has 1 heterocycles. The summed E-state index contributed by atoms with van der Waals surface area (Å²) in [7, 11) is 0. The highest BCUT2D eigenvalue weighted by Gasteiger charge is 2.03. The average molecular weight is 139 g/mol. The van der Waals surface area contributed by atoms with Crippen LogP contribution in [0.15, 0.2) is 15.0 Å². The Kier molecular flexibility index (Phi) is 1.99. The molecule has 0 aliphatic carbocycles. The fourth-order valence-corrected chi connectivity index (χ4v) is 0.654. The van der Waals surface area contributed by atoms with Gasteiger partial charge < -0.3 is 11.5 Å². The molecule has 0 aromatic carbocycles. The maximum atomic E-state index is 5.41. The van der Waals surface area contributed by atoms with E-state index in [1.807, 2.05) is 0 Å². The zero-order valence-corrected chi connectivity index (χ0v) is 5.49. The lowest BCUT2D eigenvalue weighted by molar-refractivity contribution is 1.01. The quantitative estimate of drug-likeness (QED) is 0.336. The summed E-state index contributed by atoms with van der Waals surface area (Å²) in [5.74, 6) is 1.21. The SMILES string of the molecule is NC=NC1=NCN=C(N)C1. The van der Waals surface area contributed by atoms with Gasteiger partial charge in [0.05, 0.1) is 12.8 Å². The van der Waals surface area contributed by atoms with Crippen molar-refractivity contribution < 1.29 is 0 Å². The molecule has 0 amide bonds. The standard InChI is InChI=1S/C5H9N5/c6-2-8-5-1-4(7)9-3-10-5/h2H,1,3H2,(H2,7,9)(H2,6,8,10). The zero-order chi connectivity index (χ0) is 7.40. The first-order valence-electron chi connectivity index (χ1n) is 2.89. The van der Waals surface area contributed by atoms with Gasteiger partial charge in [-0.1, -0.05) is 0 Å². The second kappa shape index (κ2) is 2.95. The van der Waals surface area contributed by atoms with Gasteiger partial charge in [-0.2, -0.15) is 0 Å². The molecular formula is C5H9N5. The minimum Gasteiger partial charge on any atom is -0.390 e. The van der Waals surface area contributed by atoms with Crippen LogP contribution in [0.3, 0.4) is 0 Å². The number of hydrogen-bond acceptors (Lipinski definition) is 4. The van der Waals surface area contributed by atoms with Crippen molar-refractivity contribution in [2.75, 3.05) is 6.67 Å². The number of amidine groups is 2. The lowest BCUT2D eigenvalue weighted by Gasteiger charge is -2.04. The molecule has 10 heavy (non-hydrogen) atoms. The summed E-state index contributed by atoms with van der Waals surface area (Å²) in [5, 5.41) is 0. The molecule has 0 saturated carbocycles. The molecule has 0 aromatic rings. The van der Waals surface area contributed by atoms with Crippen LogP contribution in [-0.2, 0) is 0 Å². The third-order valence-electron chi connectivity index (χ3n) is 1.09. The Hall–Kier alpha value is -1.39. The molecule has 0 fully saturated rings. The number of rotatable bonds is 0. The third kappa shape index (κ3) is 1.54. The van der Waals surface area contributed by atoms with Gasteiger partial charge in [0, 0.05) is 0 Å². The first-order valence-corrected chi connectivity index (χ1v) is 2.89. The van der Waals surface area contributed by atoms with Crippen molar-refractivity contribution in [3.8, 4) is 0 Å². The van der Waals surface area contributed by atoms with Crippen LogP contribution in [-0.4, -0.2) is 24.7 Å². The van der Waals surface area contributed by atoms with Gasteiger partial charge in [-0.25, -0.2) is 15.0 Å². The highest BCUT2D eigenvalue weighted by atomic mass is 15.1. The molecule has 0 radical (unpaired) electrons. The largest absolute Gasteiger partial charge is 0.390 e. The van der Waals surface area contributed by atoms with Gasteiger partial charge in [0.15, 0.2) is 0 Å². The second-order valence-electron chi connectivity index (χ2n) is 1.82. The molecule has 1 aliphatic heterocycles. The number of nitrogens with two attached hydrogens (primary N) is 2. The normalized spacial score (nSPS) is 18.8. The van der Waals surface area contributed by atoms with Gasteiger partial charge in [0.2, 0.25) is 0 Å². The summed E-state index contributed by atoms with van der Waals surface area (Å²) in [6.45, 7) is 0.374. The Bertz CT molecular complexity index is 202. The van der Waals surface area contributed by atoms with Crippen molar-refractivity contribution >= 4 is 18.0 Å². The Morgan fingerprint density at radius 2 is 2.30 bits per heavy atom. The first kappa shape index (κ1) is 6.73. The smallest absolute Gasteiger partial charge is 0.134 e. The molecule has 0 unspecified atom stereocenters. The third-order valence-corrected chi connectivity index (χ3v) is 1.09. The van der Waals surface area contributed by atoms with E-state index >= 15 is 0 Å². The summed E-state index contributed by atoms with van der Waals surface area (Å²) in [4.78, 5) is 11.6. The van der Waals surface area contributed by atoms with E-state index in [1.54, 1.807) is 0 Å². The lowest BCUT2D eigenvalue weighted by atomic mass is 10.3. The Labute approximate surface area is 58.6 Å². The minimum atomic E-state index is 0.374. The van der Waals surface area contributed by atoms with Crippen molar-refractivity contribution in [3.05, 3.63) is 0 Å². The van der Waals surface area contributed by atoms with Crippen LogP contribution in [0.5, 0.6) is 0 Å². The van der Waals surface area contributed by atoms with Crippen LogP contribution in [0, 0.1) is 0 Å². The van der Waals surface area contributed by atoms with E-state index in [4.69, 9.17) is 11.5 Å². The van der Waals surface area contributed by atoms with Crippen molar-refractivity contribution in [2.24, 2.45) is 26.4 Å². The highest BCUT2D eigenvalue weighted by molar-refractivity contribution is 6.05. The van der Waals surface area contributed by atoms with Crippen molar-refractivity contribution in [3.63, 3.8) is 0 Å². The summed E-state index contributed by atoms with van der Waals surface area (Å²) < 4.78 is 0. The molecule has 0 atom stereocenters. The molecular weight excluding hydrogens is 130 g/mol. The summed E-state index contributed by atoms with van der Waals surface area (Å²) in [6.07, 6.45) is 1.71. The molecule has 54 valence electrons. The van der Waals surface area contributed by atoms with Crippen LogP contribution in [0.25, 0.3) is 0 Å². The fourth-order valence-electron chi connectivity index (χ4n) is 0.654. The monoisotopic (exact) mass is 139 g/mol.